The first kappa shape index (κ1) is 15.5. The molecule has 0 aliphatic rings. The van der Waals surface area contributed by atoms with Gasteiger partial charge in [0, 0.05) is 23.8 Å². The van der Waals surface area contributed by atoms with Gasteiger partial charge < -0.3 is 10.6 Å². The Labute approximate surface area is 116 Å². The van der Waals surface area contributed by atoms with Crippen molar-refractivity contribution in [1.29, 1.82) is 0 Å². The van der Waals surface area contributed by atoms with E-state index in [4.69, 9.17) is 0 Å². The van der Waals surface area contributed by atoms with Crippen molar-refractivity contribution in [3.05, 3.63) is 23.9 Å². The van der Waals surface area contributed by atoms with Crippen LogP contribution in [0.25, 0.3) is 0 Å². The van der Waals surface area contributed by atoms with Crippen LogP contribution in [0.1, 0.15) is 57.3 Å². The van der Waals surface area contributed by atoms with E-state index in [0.717, 1.165) is 18.8 Å². The molecule has 0 radical (unpaired) electrons. The van der Waals surface area contributed by atoms with Crippen molar-refractivity contribution in [2.75, 3.05) is 11.9 Å². The van der Waals surface area contributed by atoms with Crippen molar-refractivity contribution in [1.82, 2.24) is 10.3 Å². The fraction of sp³-hybridized carbons (Fsp3) is 0.600. The molecule has 0 fully saturated rings. The predicted octanol–water partition coefficient (Wildman–Crippen LogP) is 3.21. The number of nitrogens with one attached hydrogen (secondary N) is 2. The third-order valence-corrected chi connectivity index (χ3v) is 2.60. The Morgan fingerprint density at radius 1 is 1.32 bits per heavy atom. The average Bonchev–Trinajstić information content (AvgIpc) is 2.33. The minimum Gasteiger partial charge on any atom is -0.370 e. The van der Waals surface area contributed by atoms with Crippen molar-refractivity contribution >= 4 is 11.7 Å². The van der Waals surface area contributed by atoms with Crippen molar-refractivity contribution in [3.63, 3.8) is 0 Å². The molecule has 0 aromatic carbocycles. The van der Waals surface area contributed by atoms with Gasteiger partial charge in [-0.3, -0.25) is 4.79 Å². The van der Waals surface area contributed by atoms with Gasteiger partial charge in [0.2, 0.25) is 0 Å². The van der Waals surface area contributed by atoms with Crippen molar-refractivity contribution in [2.24, 2.45) is 0 Å². The van der Waals surface area contributed by atoms with Gasteiger partial charge in [-0.25, -0.2) is 4.98 Å². The number of anilines is 1. The summed E-state index contributed by atoms with van der Waals surface area (Å²) in [6.45, 7) is 8.98. The lowest BCUT2D eigenvalue weighted by Gasteiger charge is -2.20. The van der Waals surface area contributed by atoms with E-state index >= 15 is 0 Å². The lowest BCUT2D eigenvalue weighted by Crippen LogP contribution is -2.40. The molecule has 4 heteroatoms. The summed E-state index contributed by atoms with van der Waals surface area (Å²) in [6.07, 6.45) is 5.19. The summed E-state index contributed by atoms with van der Waals surface area (Å²) in [5, 5.41) is 6.19. The monoisotopic (exact) mass is 263 g/mol. The largest absolute Gasteiger partial charge is 0.370 e. The molecule has 1 aromatic rings. The number of unbranched alkanes of at least 4 members (excludes halogenated alkanes) is 2. The summed E-state index contributed by atoms with van der Waals surface area (Å²) in [6, 6.07) is 3.53. The first-order chi connectivity index (χ1) is 8.92. The summed E-state index contributed by atoms with van der Waals surface area (Å²) in [5.41, 5.74) is 0.414. The summed E-state index contributed by atoms with van der Waals surface area (Å²) >= 11 is 0. The van der Waals surface area contributed by atoms with Crippen LogP contribution in [0.5, 0.6) is 0 Å². The molecule has 2 N–H and O–H groups in total. The highest BCUT2D eigenvalue weighted by Crippen LogP contribution is 2.09. The highest BCUT2D eigenvalue weighted by atomic mass is 16.1. The third kappa shape index (κ3) is 6.22. The Hall–Kier alpha value is -1.58. The van der Waals surface area contributed by atoms with Gasteiger partial charge in [-0.2, -0.15) is 0 Å². The van der Waals surface area contributed by atoms with Gasteiger partial charge in [-0.15, -0.1) is 0 Å². The number of rotatable bonds is 6. The zero-order valence-corrected chi connectivity index (χ0v) is 12.4. The van der Waals surface area contributed by atoms with Crippen molar-refractivity contribution < 1.29 is 4.79 Å². The fourth-order valence-electron chi connectivity index (χ4n) is 1.67. The first-order valence-electron chi connectivity index (χ1n) is 6.95. The maximum atomic E-state index is 12.0. The Morgan fingerprint density at radius 2 is 2.05 bits per heavy atom. The molecule has 4 nitrogen and oxygen atoms in total. The molecule has 0 aliphatic heterocycles. The van der Waals surface area contributed by atoms with Crippen LogP contribution in [0, 0.1) is 0 Å². The molecule has 0 aliphatic carbocycles. The molecule has 1 amide bonds. The Balaban J connectivity index is 2.58. The molecule has 0 unspecified atom stereocenters. The number of hydrogen-bond acceptors (Lipinski definition) is 3. The maximum Gasteiger partial charge on any atom is 0.251 e. The minimum atomic E-state index is -0.227. The van der Waals surface area contributed by atoms with E-state index in [-0.39, 0.29) is 11.4 Å². The second-order valence-electron chi connectivity index (χ2n) is 5.77. The van der Waals surface area contributed by atoms with E-state index in [1.54, 1.807) is 18.3 Å². The number of nitrogens with zero attached hydrogens (tertiary/aromatic N) is 1. The van der Waals surface area contributed by atoms with Crippen LogP contribution in [0.2, 0.25) is 0 Å². The maximum absolute atomic E-state index is 12.0. The third-order valence-electron chi connectivity index (χ3n) is 2.60. The molecule has 0 saturated carbocycles. The van der Waals surface area contributed by atoms with E-state index in [1.165, 1.54) is 12.8 Å². The van der Waals surface area contributed by atoms with Gasteiger partial charge in [0.15, 0.2) is 0 Å². The molecular weight excluding hydrogens is 238 g/mol. The Bertz CT molecular complexity index is 410. The molecule has 0 saturated heterocycles. The quantitative estimate of drug-likeness (QED) is 0.775. The van der Waals surface area contributed by atoms with Crippen LogP contribution in [-0.4, -0.2) is 23.0 Å². The van der Waals surface area contributed by atoms with E-state index in [1.807, 2.05) is 20.8 Å². The van der Waals surface area contributed by atoms with Crippen LogP contribution in [0.15, 0.2) is 18.3 Å². The van der Waals surface area contributed by atoms with Gasteiger partial charge in [0.25, 0.3) is 5.91 Å². The molecule has 1 aromatic heterocycles. The van der Waals surface area contributed by atoms with E-state index < -0.39 is 0 Å². The smallest absolute Gasteiger partial charge is 0.251 e. The highest BCUT2D eigenvalue weighted by Gasteiger charge is 2.15. The second kappa shape index (κ2) is 7.12. The van der Waals surface area contributed by atoms with E-state index in [2.05, 4.69) is 22.5 Å². The molecule has 0 spiro atoms. The molecule has 1 heterocycles. The zero-order chi connectivity index (χ0) is 14.3. The van der Waals surface area contributed by atoms with Gasteiger partial charge >= 0.3 is 0 Å². The molecule has 0 atom stereocenters. The fourth-order valence-corrected chi connectivity index (χ4v) is 1.67. The van der Waals surface area contributed by atoms with Crippen LogP contribution < -0.4 is 10.6 Å². The Kier molecular flexibility index (Phi) is 5.80. The average molecular weight is 263 g/mol. The number of aromatic nitrogens is 1. The summed E-state index contributed by atoms with van der Waals surface area (Å²) in [4.78, 5) is 16.2. The van der Waals surface area contributed by atoms with E-state index in [0.29, 0.717) is 5.56 Å². The Morgan fingerprint density at radius 3 is 2.68 bits per heavy atom. The van der Waals surface area contributed by atoms with Crippen LogP contribution in [0.3, 0.4) is 0 Å². The number of pyridine rings is 1. The van der Waals surface area contributed by atoms with E-state index in [9.17, 15) is 4.79 Å². The van der Waals surface area contributed by atoms with Gasteiger partial charge in [-0.1, -0.05) is 19.8 Å². The summed E-state index contributed by atoms with van der Waals surface area (Å²) in [7, 11) is 0. The van der Waals surface area contributed by atoms with Crippen molar-refractivity contribution in [2.45, 2.75) is 52.5 Å². The van der Waals surface area contributed by atoms with Crippen LogP contribution in [0.4, 0.5) is 5.82 Å². The minimum absolute atomic E-state index is 0.0634. The van der Waals surface area contributed by atoms with Gasteiger partial charge in [-0.05, 0) is 39.3 Å². The summed E-state index contributed by atoms with van der Waals surface area (Å²) < 4.78 is 0. The SMILES string of the molecule is CCCCCNc1cc(C(=O)NC(C)(C)C)ccn1. The van der Waals surface area contributed by atoms with Crippen molar-refractivity contribution in [3.8, 4) is 0 Å². The van der Waals surface area contributed by atoms with Crippen LogP contribution >= 0.6 is 0 Å². The zero-order valence-electron chi connectivity index (χ0n) is 12.4. The lowest BCUT2D eigenvalue weighted by atomic mass is 10.1. The normalized spacial score (nSPS) is 11.2. The molecule has 19 heavy (non-hydrogen) atoms. The molecule has 106 valence electrons. The molecular formula is C15H25N3O. The lowest BCUT2D eigenvalue weighted by molar-refractivity contribution is 0.0919. The number of carbonyl (C=O) groups excluding carboxylic acids is 1. The van der Waals surface area contributed by atoms with Gasteiger partial charge in [0.05, 0.1) is 0 Å². The topological polar surface area (TPSA) is 54.0 Å². The summed E-state index contributed by atoms with van der Waals surface area (Å²) in [5.74, 6) is 0.698. The van der Waals surface area contributed by atoms with Crippen LogP contribution in [-0.2, 0) is 0 Å². The predicted molar refractivity (Wildman–Crippen MR) is 79.5 cm³/mol. The molecule has 0 bridgehead atoms. The van der Waals surface area contributed by atoms with Gasteiger partial charge in [0.1, 0.15) is 5.82 Å². The second-order valence-corrected chi connectivity index (χ2v) is 5.77. The standard InChI is InChI=1S/C15H25N3O/c1-5-6-7-9-16-13-11-12(8-10-17-13)14(19)18-15(2,3)4/h8,10-11H,5-7,9H2,1-4H3,(H,16,17)(H,18,19). The first-order valence-corrected chi connectivity index (χ1v) is 6.95. The number of carbonyl (C=O) groups is 1. The highest BCUT2D eigenvalue weighted by molar-refractivity contribution is 5.95. The molecule has 1 rings (SSSR count). The number of hydrogen-bond donors (Lipinski definition) is 2. The number of amides is 1.